The summed E-state index contributed by atoms with van der Waals surface area (Å²) in [5.74, 6) is 1.46. The molecule has 0 saturated heterocycles. The minimum Gasteiger partial charge on any atom is -0.504 e. The van der Waals surface area contributed by atoms with E-state index in [0.29, 0.717) is 17.6 Å². The Hall–Kier alpha value is -0.990. The number of aromatic nitrogens is 2. The molecule has 0 atom stereocenters. The van der Waals surface area contributed by atoms with Crippen molar-refractivity contribution in [3.05, 3.63) is 11.4 Å². The van der Waals surface area contributed by atoms with E-state index in [4.69, 9.17) is 0 Å². The van der Waals surface area contributed by atoms with Gasteiger partial charge in [0.25, 0.3) is 0 Å². The quantitative estimate of drug-likeness (QED) is 0.829. The molecule has 1 rings (SSSR count). The molecule has 3 nitrogen and oxygen atoms in total. The van der Waals surface area contributed by atoms with Crippen LogP contribution in [0.2, 0.25) is 0 Å². The van der Waals surface area contributed by atoms with Crippen LogP contribution in [0.25, 0.3) is 0 Å². The first-order valence-corrected chi connectivity index (χ1v) is 5.67. The lowest BCUT2D eigenvalue weighted by Crippen LogP contribution is -2.08. The van der Waals surface area contributed by atoms with Gasteiger partial charge in [-0.15, -0.1) is 0 Å². The third-order valence-corrected chi connectivity index (χ3v) is 2.38. The van der Waals surface area contributed by atoms with Crippen LogP contribution < -0.4 is 0 Å². The predicted octanol–water partition coefficient (Wildman–Crippen LogP) is 2.75. The highest BCUT2D eigenvalue weighted by molar-refractivity contribution is 5.31. The van der Waals surface area contributed by atoms with Gasteiger partial charge in [-0.1, -0.05) is 27.7 Å². The van der Waals surface area contributed by atoms with E-state index >= 15 is 0 Å². The van der Waals surface area contributed by atoms with Crippen LogP contribution in [0, 0.1) is 18.8 Å². The molecule has 1 N–H and O–H groups in total. The Kier molecular flexibility index (Phi) is 3.77. The highest BCUT2D eigenvalue weighted by Crippen LogP contribution is 2.24. The zero-order valence-electron chi connectivity index (χ0n) is 10.4. The number of nitrogens with zero attached hydrogens (tertiary/aromatic N) is 2. The van der Waals surface area contributed by atoms with E-state index in [1.165, 1.54) is 0 Å². The number of hydrogen-bond donors (Lipinski definition) is 1. The summed E-state index contributed by atoms with van der Waals surface area (Å²) in [6, 6.07) is 0. The summed E-state index contributed by atoms with van der Waals surface area (Å²) in [4.78, 5) is 0. The molecular formula is C12H22N2O. The second-order valence-corrected chi connectivity index (χ2v) is 5.05. The highest BCUT2D eigenvalue weighted by atomic mass is 16.3. The van der Waals surface area contributed by atoms with Gasteiger partial charge in [0, 0.05) is 6.54 Å². The number of aromatic hydroxyl groups is 1. The van der Waals surface area contributed by atoms with Crippen molar-refractivity contribution in [2.45, 2.75) is 47.6 Å². The van der Waals surface area contributed by atoms with Crippen LogP contribution in [0.5, 0.6) is 5.75 Å². The highest BCUT2D eigenvalue weighted by Gasteiger charge is 2.14. The van der Waals surface area contributed by atoms with Gasteiger partial charge in [0.15, 0.2) is 5.75 Å². The molecule has 0 aromatic carbocycles. The average Bonchev–Trinajstić information content (AvgIpc) is 2.32. The Morgan fingerprint density at radius 3 is 2.27 bits per heavy atom. The molecule has 3 heteroatoms. The minimum atomic E-state index is 0.379. The Labute approximate surface area is 92.1 Å². The lowest BCUT2D eigenvalue weighted by atomic mass is 10.1. The van der Waals surface area contributed by atoms with E-state index in [2.05, 4.69) is 32.8 Å². The molecule has 0 fully saturated rings. The standard InChI is InChI=1S/C12H22N2O/c1-8(2)6-11-12(15)10(5)14(13-11)7-9(3)4/h8-9,15H,6-7H2,1-5H3. The Bertz CT molecular complexity index is 296. The van der Waals surface area contributed by atoms with Crippen molar-refractivity contribution < 1.29 is 5.11 Å². The van der Waals surface area contributed by atoms with Crippen molar-refractivity contribution in [1.29, 1.82) is 0 Å². The Balaban J connectivity index is 2.91. The largest absolute Gasteiger partial charge is 0.504 e. The van der Waals surface area contributed by atoms with Gasteiger partial charge >= 0.3 is 0 Å². The van der Waals surface area contributed by atoms with Crippen LogP contribution in [0.1, 0.15) is 39.1 Å². The molecule has 1 heterocycles. The van der Waals surface area contributed by atoms with Crippen LogP contribution in [-0.2, 0) is 13.0 Å². The SMILES string of the molecule is Cc1c(O)c(CC(C)C)nn1CC(C)C. The zero-order chi connectivity index (χ0) is 11.6. The summed E-state index contributed by atoms with van der Waals surface area (Å²) >= 11 is 0. The van der Waals surface area contributed by atoms with E-state index < -0.39 is 0 Å². The smallest absolute Gasteiger partial charge is 0.159 e. The van der Waals surface area contributed by atoms with Gasteiger partial charge in [-0.05, 0) is 25.2 Å². The lowest BCUT2D eigenvalue weighted by molar-refractivity contribution is 0.450. The van der Waals surface area contributed by atoms with Crippen LogP contribution >= 0.6 is 0 Å². The van der Waals surface area contributed by atoms with Crippen LogP contribution in [0.15, 0.2) is 0 Å². The van der Waals surface area contributed by atoms with E-state index in [-0.39, 0.29) is 0 Å². The molecule has 15 heavy (non-hydrogen) atoms. The second-order valence-electron chi connectivity index (χ2n) is 5.05. The normalized spacial score (nSPS) is 11.7. The summed E-state index contributed by atoms with van der Waals surface area (Å²) in [5, 5.41) is 14.4. The van der Waals surface area contributed by atoms with E-state index in [1.54, 1.807) is 0 Å². The molecule has 1 aromatic heterocycles. The van der Waals surface area contributed by atoms with Gasteiger partial charge < -0.3 is 5.11 Å². The van der Waals surface area contributed by atoms with Crippen molar-refractivity contribution in [1.82, 2.24) is 9.78 Å². The maximum atomic E-state index is 9.90. The fourth-order valence-electron chi connectivity index (χ4n) is 1.65. The monoisotopic (exact) mass is 210 g/mol. The van der Waals surface area contributed by atoms with Crippen LogP contribution in [-0.4, -0.2) is 14.9 Å². The molecule has 0 saturated carbocycles. The number of hydrogen-bond acceptors (Lipinski definition) is 2. The summed E-state index contributed by atoms with van der Waals surface area (Å²) < 4.78 is 1.91. The maximum Gasteiger partial charge on any atom is 0.159 e. The Morgan fingerprint density at radius 1 is 1.20 bits per heavy atom. The third kappa shape index (κ3) is 2.98. The molecule has 0 aliphatic heterocycles. The summed E-state index contributed by atoms with van der Waals surface area (Å²) in [6.07, 6.45) is 0.845. The van der Waals surface area contributed by atoms with Crippen molar-refractivity contribution in [2.75, 3.05) is 0 Å². The van der Waals surface area contributed by atoms with Crippen LogP contribution in [0.4, 0.5) is 0 Å². The molecule has 0 aliphatic rings. The van der Waals surface area contributed by atoms with Gasteiger partial charge in [0.05, 0.1) is 5.69 Å². The van der Waals surface area contributed by atoms with Gasteiger partial charge in [-0.25, -0.2) is 0 Å². The molecule has 1 aromatic rings. The van der Waals surface area contributed by atoms with Gasteiger partial charge in [0.2, 0.25) is 0 Å². The summed E-state index contributed by atoms with van der Waals surface area (Å²) in [5.41, 5.74) is 1.72. The molecule has 0 spiro atoms. The van der Waals surface area contributed by atoms with Crippen molar-refractivity contribution in [2.24, 2.45) is 11.8 Å². The zero-order valence-corrected chi connectivity index (χ0v) is 10.4. The molecule has 0 amide bonds. The number of rotatable bonds is 4. The second kappa shape index (κ2) is 4.69. The molecule has 0 unspecified atom stereocenters. The van der Waals surface area contributed by atoms with Crippen molar-refractivity contribution in [3.8, 4) is 5.75 Å². The van der Waals surface area contributed by atoms with Gasteiger partial charge in [0.1, 0.15) is 5.69 Å². The van der Waals surface area contributed by atoms with Crippen molar-refractivity contribution >= 4 is 0 Å². The van der Waals surface area contributed by atoms with Crippen molar-refractivity contribution in [3.63, 3.8) is 0 Å². The van der Waals surface area contributed by atoms with Crippen LogP contribution in [0.3, 0.4) is 0 Å². The van der Waals surface area contributed by atoms with Gasteiger partial charge in [-0.2, -0.15) is 5.10 Å². The first kappa shape index (κ1) is 12.1. The third-order valence-electron chi connectivity index (χ3n) is 2.38. The molecule has 0 bridgehead atoms. The summed E-state index contributed by atoms with van der Waals surface area (Å²) in [6.45, 7) is 11.4. The molecule has 86 valence electrons. The average molecular weight is 210 g/mol. The lowest BCUT2D eigenvalue weighted by Gasteiger charge is -2.06. The van der Waals surface area contributed by atoms with E-state index in [1.807, 2.05) is 11.6 Å². The first-order chi connectivity index (χ1) is 6.91. The maximum absolute atomic E-state index is 9.90. The summed E-state index contributed by atoms with van der Waals surface area (Å²) in [7, 11) is 0. The first-order valence-electron chi connectivity index (χ1n) is 5.67. The fraction of sp³-hybridized carbons (Fsp3) is 0.750. The molecule has 0 radical (unpaired) electrons. The van der Waals surface area contributed by atoms with E-state index in [9.17, 15) is 5.11 Å². The molecule has 0 aliphatic carbocycles. The van der Waals surface area contributed by atoms with Gasteiger partial charge in [-0.3, -0.25) is 4.68 Å². The van der Waals surface area contributed by atoms with E-state index in [0.717, 1.165) is 24.4 Å². The topological polar surface area (TPSA) is 38.1 Å². The minimum absolute atomic E-state index is 0.379. The fourth-order valence-corrected chi connectivity index (χ4v) is 1.65. The Morgan fingerprint density at radius 2 is 1.80 bits per heavy atom. The molecular weight excluding hydrogens is 188 g/mol. The predicted molar refractivity (Wildman–Crippen MR) is 62.0 cm³/mol.